The number of carbonyl (C=O) groups is 3. The zero-order valence-corrected chi connectivity index (χ0v) is 11.5. The smallest absolute Gasteiger partial charge is 0.303 e. The molecular formula is C12H18O8. The van der Waals surface area contributed by atoms with Crippen LogP contribution in [0, 0.1) is 0 Å². The topological polar surface area (TPSA) is 108 Å². The van der Waals surface area contributed by atoms with Gasteiger partial charge >= 0.3 is 17.9 Å². The van der Waals surface area contributed by atoms with Crippen LogP contribution in [-0.4, -0.2) is 54.2 Å². The van der Waals surface area contributed by atoms with Gasteiger partial charge in [-0.25, -0.2) is 0 Å². The summed E-state index contributed by atoms with van der Waals surface area (Å²) in [5, 5.41) is 9.59. The standard InChI is InChI=1S/C12H18O8/c1-6(13)17-5-10-12(19-8(3)15)9(18-7(2)14)4-11(16)20-10/h9-12,16H,4-5H2,1-3H3/t9-,10+,11?,12+/m0/s1. The molecule has 0 bridgehead atoms. The van der Waals surface area contributed by atoms with E-state index in [4.69, 9.17) is 18.9 Å². The van der Waals surface area contributed by atoms with Crippen LogP contribution in [0.4, 0.5) is 0 Å². The Morgan fingerprint density at radius 3 is 2.20 bits per heavy atom. The third-order valence-corrected chi connectivity index (χ3v) is 2.57. The maximum absolute atomic E-state index is 11.1. The summed E-state index contributed by atoms with van der Waals surface area (Å²) in [6, 6.07) is 0. The van der Waals surface area contributed by atoms with Crippen molar-refractivity contribution in [2.45, 2.75) is 51.8 Å². The number of aliphatic hydroxyl groups is 1. The summed E-state index contributed by atoms with van der Waals surface area (Å²) in [6.45, 7) is 3.39. The van der Waals surface area contributed by atoms with E-state index in [0.29, 0.717) is 0 Å². The lowest BCUT2D eigenvalue weighted by atomic mass is 10.0. The third-order valence-electron chi connectivity index (χ3n) is 2.57. The Kier molecular flexibility index (Phi) is 5.90. The van der Waals surface area contributed by atoms with Crippen molar-refractivity contribution in [3.05, 3.63) is 0 Å². The Hall–Kier alpha value is -1.67. The fourth-order valence-electron chi connectivity index (χ4n) is 1.91. The zero-order chi connectivity index (χ0) is 15.3. The van der Waals surface area contributed by atoms with Gasteiger partial charge in [0.05, 0.1) is 0 Å². The molecule has 114 valence electrons. The van der Waals surface area contributed by atoms with Gasteiger partial charge in [0, 0.05) is 27.2 Å². The summed E-state index contributed by atoms with van der Waals surface area (Å²) < 4.78 is 20.0. The number of carbonyl (C=O) groups excluding carboxylic acids is 3. The SMILES string of the molecule is CC(=O)OC[C@H]1OC(O)C[C@H](OC(C)=O)[C@H]1OC(C)=O. The number of rotatable bonds is 4. The average Bonchev–Trinajstić information content (AvgIpc) is 2.28. The summed E-state index contributed by atoms with van der Waals surface area (Å²) >= 11 is 0. The van der Waals surface area contributed by atoms with E-state index in [-0.39, 0.29) is 13.0 Å². The van der Waals surface area contributed by atoms with Gasteiger partial charge in [0.25, 0.3) is 0 Å². The van der Waals surface area contributed by atoms with Crippen LogP contribution in [0.25, 0.3) is 0 Å². The largest absolute Gasteiger partial charge is 0.463 e. The van der Waals surface area contributed by atoms with Gasteiger partial charge in [-0.2, -0.15) is 0 Å². The second-order valence-electron chi connectivity index (χ2n) is 4.39. The molecule has 1 heterocycles. The Bertz CT molecular complexity index is 380. The number of aliphatic hydroxyl groups excluding tert-OH is 1. The molecule has 20 heavy (non-hydrogen) atoms. The van der Waals surface area contributed by atoms with Crippen molar-refractivity contribution in [1.82, 2.24) is 0 Å². The van der Waals surface area contributed by atoms with E-state index in [0.717, 1.165) is 0 Å². The molecule has 0 radical (unpaired) electrons. The van der Waals surface area contributed by atoms with Crippen LogP contribution >= 0.6 is 0 Å². The molecule has 0 aliphatic carbocycles. The molecule has 1 unspecified atom stereocenters. The van der Waals surface area contributed by atoms with Crippen LogP contribution in [0.1, 0.15) is 27.2 Å². The summed E-state index contributed by atoms with van der Waals surface area (Å²) in [6.07, 6.45) is -3.95. The minimum atomic E-state index is -1.20. The molecule has 1 aliphatic heterocycles. The summed E-state index contributed by atoms with van der Waals surface area (Å²) in [4.78, 5) is 33.0. The van der Waals surface area contributed by atoms with Gasteiger partial charge in [0.15, 0.2) is 12.4 Å². The molecule has 1 saturated heterocycles. The van der Waals surface area contributed by atoms with E-state index in [1.807, 2.05) is 0 Å². The van der Waals surface area contributed by atoms with E-state index >= 15 is 0 Å². The first-order chi connectivity index (χ1) is 9.29. The lowest BCUT2D eigenvalue weighted by Gasteiger charge is -2.38. The molecule has 0 aromatic rings. The fourth-order valence-corrected chi connectivity index (χ4v) is 1.91. The molecule has 0 spiro atoms. The van der Waals surface area contributed by atoms with Gasteiger partial charge in [0.2, 0.25) is 0 Å². The van der Waals surface area contributed by atoms with Crippen LogP contribution in [0.15, 0.2) is 0 Å². The van der Waals surface area contributed by atoms with E-state index in [1.165, 1.54) is 20.8 Å². The Morgan fingerprint density at radius 1 is 1.10 bits per heavy atom. The molecule has 1 N–H and O–H groups in total. The molecule has 0 amide bonds. The summed E-state index contributed by atoms with van der Waals surface area (Å²) in [7, 11) is 0. The van der Waals surface area contributed by atoms with Crippen LogP contribution in [-0.2, 0) is 33.3 Å². The number of hydrogen-bond donors (Lipinski definition) is 1. The second kappa shape index (κ2) is 7.20. The van der Waals surface area contributed by atoms with Crippen LogP contribution in [0.5, 0.6) is 0 Å². The van der Waals surface area contributed by atoms with Crippen LogP contribution in [0.2, 0.25) is 0 Å². The molecule has 0 aromatic heterocycles. The van der Waals surface area contributed by atoms with Crippen LogP contribution in [0.3, 0.4) is 0 Å². The van der Waals surface area contributed by atoms with Crippen molar-refractivity contribution < 1.29 is 38.4 Å². The minimum absolute atomic E-state index is 0.0336. The highest BCUT2D eigenvalue weighted by atomic mass is 16.7. The van der Waals surface area contributed by atoms with Crippen molar-refractivity contribution in [2.75, 3.05) is 6.61 Å². The maximum atomic E-state index is 11.1. The van der Waals surface area contributed by atoms with E-state index < -0.39 is 42.5 Å². The minimum Gasteiger partial charge on any atom is -0.463 e. The highest BCUT2D eigenvalue weighted by Crippen LogP contribution is 2.25. The van der Waals surface area contributed by atoms with Gasteiger partial charge in [-0.05, 0) is 0 Å². The zero-order valence-electron chi connectivity index (χ0n) is 11.5. The highest BCUT2D eigenvalue weighted by Gasteiger charge is 2.43. The molecule has 8 nitrogen and oxygen atoms in total. The van der Waals surface area contributed by atoms with Crippen molar-refractivity contribution in [2.24, 2.45) is 0 Å². The molecule has 1 fully saturated rings. The Morgan fingerprint density at radius 2 is 1.70 bits per heavy atom. The predicted octanol–water partition coefficient (Wildman–Crippen LogP) is -0.480. The number of hydrogen-bond acceptors (Lipinski definition) is 8. The Balaban J connectivity index is 2.82. The first kappa shape index (κ1) is 16.4. The maximum Gasteiger partial charge on any atom is 0.303 e. The first-order valence-corrected chi connectivity index (χ1v) is 6.11. The van der Waals surface area contributed by atoms with Gasteiger partial charge in [-0.15, -0.1) is 0 Å². The molecule has 0 saturated carbocycles. The van der Waals surface area contributed by atoms with E-state index in [9.17, 15) is 19.5 Å². The highest BCUT2D eigenvalue weighted by molar-refractivity contribution is 5.67. The second-order valence-corrected chi connectivity index (χ2v) is 4.39. The first-order valence-electron chi connectivity index (χ1n) is 6.11. The average molecular weight is 290 g/mol. The normalized spacial score (nSPS) is 29.4. The van der Waals surface area contributed by atoms with Gasteiger partial charge in [-0.3, -0.25) is 14.4 Å². The molecule has 8 heteroatoms. The van der Waals surface area contributed by atoms with Gasteiger partial charge in [0.1, 0.15) is 18.8 Å². The molecule has 0 aromatic carbocycles. The number of ether oxygens (including phenoxy) is 4. The predicted molar refractivity (Wildman–Crippen MR) is 63.2 cm³/mol. The van der Waals surface area contributed by atoms with Crippen molar-refractivity contribution in [1.29, 1.82) is 0 Å². The summed E-state index contributed by atoms with van der Waals surface area (Å²) in [5.74, 6) is -1.72. The van der Waals surface area contributed by atoms with Crippen LogP contribution < -0.4 is 0 Å². The van der Waals surface area contributed by atoms with E-state index in [2.05, 4.69) is 0 Å². The molecule has 4 atom stereocenters. The molecule has 1 aliphatic rings. The summed E-state index contributed by atoms with van der Waals surface area (Å²) in [5.41, 5.74) is 0. The van der Waals surface area contributed by atoms with Crippen molar-refractivity contribution in [3.63, 3.8) is 0 Å². The Labute approximate surface area is 115 Å². The third kappa shape index (κ3) is 5.14. The van der Waals surface area contributed by atoms with Gasteiger partial charge in [-0.1, -0.05) is 0 Å². The molecule has 1 rings (SSSR count). The quantitative estimate of drug-likeness (QED) is 0.546. The lowest BCUT2D eigenvalue weighted by molar-refractivity contribution is -0.252. The van der Waals surface area contributed by atoms with Crippen molar-refractivity contribution >= 4 is 17.9 Å². The van der Waals surface area contributed by atoms with Crippen molar-refractivity contribution in [3.8, 4) is 0 Å². The lowest BCUT2D eigenvalue weighted by Crippen LogP contribution is -2.53. The number of esters is 3. The van der Waals surface area contributed by atoms with E-state index in [1.54, 1.807) is 0 Å². The van der Waals surface area contributed by atoms with Gasteiger partial charge < -0.3 is 24.1 Å². The fraction of sp³-hybridized carbons (Fsp3) is 0.750. The monoisotopic (exact) mass is 290 g/mol. The molecular weight excluding hydrogens is 272 g/mol.